The van der Waals surface area contributed by atoms with Gasteiger partial charge in [0.2, 0.25) is 5.91 Å². The molecule has 0 unspecified atom stereocenters. The summed E-state index contributed by atoms with van der Waals surface area (Å²) in [5, 5.41) is 12.5. The Labute approximate surface area is 94.9 Å². The Kier molecular flexibility index (Phi) is 3.10. The lowest BCUT2D eigenvalue weighted by Crippen LogP contribution is -2.52. The van der Waals surface area contributed by atoms with E-state index in [1.807, 2.05) is 13.0 Å². The van der Waals surface area contributed by atoms with Crippen molar-refractivity contribution in [3.05, 3.63) is 24.3 Å². The van der Waals surface area contributed by atoms with Crippen LogP contribution in [-0.2, 0) is 4.79 Å². The highest BCUT2D eigenvalue weighted by Crippen LogP contribution is 2.22. The molecule has 1 amide bonds. The summed E-state index contributed by atoms with van der Waals surface area (Å²) in [6, 6.07) is 6.81. The van der Waals surface area contributed by atoms with E-state index in [1.54, 1.807) is 23.1 Å². The largest absolute Gasteiger partial charge is 0.508 e. The molecule has 16 heavy (non-hydrogen) atoms. The van der Waals surface area contributed by atoms with Crippen molar-refractivity contribution in [2.45, 2.75) is 6.92 Å². The zero-order chi connectivity index (χ0) is 11.5. The number of nitrogens with zero attached hydrogens (tertiary/aromatic N) is 1. The number of nitrogens with one attached hydrogen (secondary N) is 1. The number of hydrogen-bond acceptors (Lipinski definition) is 3. The van der Waals surface area contributed by atoms with Gasteiger partial charge in [0, 0.05) is 31.4 Å². The maximum Gasteiger partial charge on any atom is 0.232 e. The summed E-state index contributed by atoms with van der Waals surface area (Å²) >= 11 is 0. The van der Waals surface area contributed by atoms with E-state index in [2.05, 4.69) is 5.32 Å². The van der Waals surface area contributed by atoms with Gasteiger partial charge >= 0.3 is 0 Å². The van der Waals surface area contributed by atoms with Gasteiger partial charge in [-0.3, -0.25) is 4.79 Å². The van der Waals surface area contributed by atoms with E-state index in [4.69, 9.17) is 0 Å². The Balaban J connectivity index is 2.18. The number of hydrogen-bond donors (Lipinski definition) is 2. The second-order valence-corrected chi connectivity index (χ2v) is 3.96. The normalized spacial score (nSPS) is 15.6. The molecule has 0 saturated carbocycles. The van der Waals surface area contributed by atoms with Crippen molar-refractivity contribution < 1.29 is 9.90 Å². The fourth-order valence-corrected chi connectivity index (χ4v) is 1.81. The molecule has 86 valence electrons. The van der Waals surface area contributed by atoms with Crippen molar-refractivity contribution in [3.63, 3.8) is 0 Å². The number of anilines is 1. The molecular formula is C12H16N2O2. The van der Waals surface area contributed by atoms with Gasteiger partial charge in [-0.1, -0.05) is 6.07 Å². The van der Waals surface area contributed by atoms with Gasteiger partial charge in [0.25, 0.3) is 0 Å². The van der Waals surface area contributed by atoms with Gasteiger partial charge in [-0.05, 0) is 19.1 Å². The Morgan fingerprint density at radius 2 is 2.31 bits per heavy atom. The summed E-state index contributed by atoms with van der Waals surface area (Å²) in [6.45, 7) is 4.08. The molecule has 4 nitrogen and oxygen atoms in total. The minimum atomic E-state index is 0.0855. The van der Waals surface area contributed by atoms with Crippen molar-refractivity contribution in [3.8, 4) is 5.75 Å². The van der Waals surface area contributed by atoms with E-state index in [1.165, 1.54) is 0 Å². The first-order valence-electron chi connectivity index (χ1n) is 5.53. The van der Waals surface area contributed by atoms with E-state index < -0.39 is 0 Å². The molecule has 1 aliphatic heterocycles. The lowest BCUT2D eigenvalue weighted by Gasteiger charge is -2.31. The Morgan fingerprint density at radius 1 is 1.56 bits per heavy atom. The Bertz CT molecular complexity index is 388. The van der Waals surface area contributed by atoms with Crippen LogP contribution < -0.4 is 10.2 Å². The van der Waals surface area contributed by atoms with E-state index in [0.29, 0.717) is 6.54 Å². The van der Waals surface area contributed by atoms with E-state index in [-0.39, 0.29) is 17.6 Å². The van der Waals surface area contributed by atoms with Crippen LogP contribution in [0.1, 0.15) is 6.92 Å². The number of rotatable bonds is 3. The number of phenols is 1. The Morgan fingerprint density at radius 3 is 2.81 bits per heavy atom. The van der Waals surface area contributed by atoms with Crippen LogP contribution in [-0.4, -0.2) is 30.6 Å². The molecule has 2 rings (SSSR count). The standard InChI is InChI=1S/C12H16N2O2/c1-2-14(12(16)9-7-13-8-9)10-4-3-5-11(15)6-10/h3-6,9,13,15H,2,7-8H2,1H3. The minimum absolute atomic E-state index is 0.0855. The van der Waals surface area contributed by atoms with Crippen molar-refractivity contribution in [2.75, 3.05) is 24.5 Å². The summed E-state index contributed by atoms with van der Waals surface area (Å²) in [4.78, 5) is 13.8. The molecule has 0 aliphatic carbocycles. The highest BCUT2D eigenvalue weighted by atomic mass is 16.3. The fraction of sp³-hybridized carbons (Fsp3) is 0.417. The molecule has 0 aromatic heterocycles. The summed E-state index contributed by atoms with van der Waals surface area (Å²) in [5.41, 5.74) is 0.763. The quantitative estimate of drug-likeness (QED) is 0.798. The second-order valence-electron chi connectivity index (χ2n) is 3.96. The number of phenolic OH excluding ortho intramolecular Hbond substituents is 1. The molecule has 0 radical (unpaired) electrons. The smallest absolute Gasteiger partial charge is 0.232 e. The molecule has 1 aromatic rings. The molecule has 1 saturated heterocycles. The van der Waals surface area contributed by atoms with Crippen molar-refractivity contribution in [1.29, 1.82) is 0 Å². The Hall–Kier alpha value is -1.55. The van der Waals surface area contributed by atoms with Crippen molar-refractivity contribution >= 4 is 11.6 Å². The zero-order valence-electron chi connectivity index (χ0n) is 9.31. The van der Waals surface area contributed by atoms with Gasteiger partial charge in [0.1, 0.15) is 5.75 Å². The summed E-state index contributed by atoms with van der Waals surface area (Å²) in [5.74, 6) is 0.407. The van der Waals surface area contributed by atoms with Crippen molar-refractivity contribution in [2.24, 2.45) is 5.92 Å². The number of aromatic hydroxyl groups is 1. The third-order valence-corrected chi connectivity index (χ3v) is 2.85. The van der Waals surface area contributed by atoms with Gasteiger partial charge in [-0.25, -0.2) is 0 Å². The van der Waals surface area contributed by atoms with Crippen LogP contribution in [0.25, 0.3) is 0 Å². The molecule has 1 aliphatic rings. The summed E-state index contributed by atoms with van der Waals surface area (Å²) < 4.78 is 0. The fourth-order valence-electron chi connectivity index (χ4n) is 1.81. The predicted molar refractivity (Wildman–Crippen MR) is 62.5 cm³/mol. The average Bonchev–Trinajstić information content (AvgIpc) is 2.16. The predicted octanol–water partition coefficient (Wildman–Crippen LogP) is 0.964. The van der Waals surface area contributed by atoms with Crippen LogP contribution in [0.3, 0.4) is 0 Å². The highest BCUT2D eigenvalue weighted by molar-refractivity contribution is 5.96. The van der Waals surface area contributed by atoms with E-state index in [9.17, 15) is 9.90 Å². The van der Waals surface area contributed by atoms with Crippen LogP contribution in [0.5, 0.6) is 5.75 Å². The first kappa shape index (κ1) is 11.0. The topological polar surface area (TPSA) is 52.6 Å². The first-order chi connectivity index (χ1) is 7.72. The van der Waals surface area contributed by atoms with Gasteiger partial charge in [0.05, 0.1) is 5.92 Å². The van der Waals surface area contributed by atoms with Gasteiger partial charge in [-0.15, -0.1) is 0 Å². The maximum absolute atomic E-state index is 12.1. The number of amides is 1. The van der Waals surface area contributed by atoms with Crippen LogP contribution in [0.15, 0.2) is 24.3 Å². The number of carbonyl (C=O) groups is 1. The van der Waals surface area contributed by atoms with Gasteiger partial charge in [-0.2, -0.15) is 0 Å². The van der Waals surface area contributed by atoms with E-state index >= 15 is 0 Å². The van der Waals surface area contributed by atoms with Crippen LogP contribution in [0.2, 0.25) is 0 Å². The van der Waals surface area contributed by atoms with Crippen LogP contribution in [0.4, 0.5) is 5.69 Å². The molecule has 1 aromatic carbocycles. The highest BCUT2D eigenvalue weighted by Gasteiger charge is 2.29. The summed E-state index contributed by atoms with van der Waals surface area (Å²) in [7, 11) is 0. The summed E-state index contributed by atoms with van der Waals surface area (Å²) in [6.07, 6.45) is 0. The molecule has 1 heterocycles. The van der Waals surface area contributed by atoms with E-state index in [0.717, 1.165) is 18.8 Å². The van der Waals surface area contributed by atoms with Crippen molar-refractivity contribution in [1.82, 2.24) is 5.32 Å². The zero-order valence-corrected chi connectivity index (χ0v) is 9.31. The first-order valence-corrected chi connectivity index (χ1v) is 5.53. The lowest BCUT2D eigenvalue weighted by molar-refractivity contribution is -0.123. The maximum atomic E-state index is 12.1. The van der Waals surface area contributed by atoms with Crippen LogP contribution in [0, 0.1) is 5.92 Å². The molecule has 1 fully saturated rings. The van der Waals surface area contributed by atoms with Crippen LogP contribution >= 0.6 is 0 Å². The molecular weight excluding hydrogens is 204 g/mol. The van der Waals surface area contributed by atoms with Gasteiger partial charge in [0.15, 0.2) is 0 Å². The third-order valence-electron chi connectivity index (χ3n) is 2.85. The molecule has 2 N–H and O–H groups in total. The third kappa shape index (κ3) is 2.02. The second kappa shape index (κ2) is 4.53. The molecule has 0 atom stereocenters. The van der Waals surface area contributed by atoms with Gasteiger partial charge < -0.3 is 15.3 Å². The SMILES string of the molecule is CCN(C(=O)C1CNC1)c1cccc(O)c1. The lowest BCUT2D eigenvalue weighted by atomic mass is 10.0. The molecule has 0 spiro atoms. The minimum Gasteiger partial charge on any atom is -0.508 e. The monoisotopic (exact) mass is 220 g/mol. The number of carbonyl (C=O) groups excluding carboxylic acids is 1. The number of benzene rings is 1. The molecule has 0 bridgehead atoms. The average molecular weight is 220 g/mol. The molecule has 4 heteroatoms.